The zero-order valence-corrected chi connectivity index (χ0v) is 12.9. The first-order valence-corrected chi connectivity index (χ1v) is 8.41. The van der Waals surface area contributed by atoms with Crippen LogP contribution in [0.5, 0.6) is 0 Å². The molecule has 2 N–H and O–H groups in total. The van der Waals surface area contributed by atoms with E-state index < -0.39 is 10.0 Å². The van der Waals surface area contributed by atoms with Crippen molar-refractivity contribution in [3.8, 4) is 0 Å². The molecule has 1 aliphatic heterocycles. The fourth-order valence-electron chi connectivity index (χ4n) is 2.62. The highest BCUT2D eigenvalue weighted by Gasteiger charge is 2.19. The Morgan fingerprint density at radius 2 is 1.81 bits per heavy atom. The molecule has 0 fully saturated rings. The van der Waals surface area contributed by atoms with E-state index in [1.807, 2.05) is 38.1 Å². The van der Waals surface area contributed by atoms with Crippen molar-refractivity contribution < 1.29 is 8.42 Å². The molecule has 110 valence electrons. The topological polar surface area (TPSA) is 58.2 Å². The Bertz CT molecular complexity index is 778. The summed E-state index contributed by atoms with van der Waals surface area (Å²) in [6.07, 6.45) is 0.863. The third kappa shape index (κ3) is 2.61. The molecule has 3 rings (SSSR count). The van der Waals surface area contributed by atoms with E-state index in [1.54, 1.807) is 12.1 Å². The van der Waals surface area contributed by atoms with Gasteiger partial charge in [0.25, 0.3) is 10.0 Å². The van der Waals surface area contributed by atoms with Gasteiger partial charge in [-0.15, -0.1) is 0 Å². The van der Waals surface area contributed by atoms with Gasteiger partial charge in [0.1, 0.15) is 0 Å². The van der Waals surface area contributed by atoms with Gasteiger partial charge in [-0.3, -0.25) is 4.72 Å². The second kappa shape index (κ2) is 5.07. The van der Waals surface area contributed by atoms with Gasteiger partial charge < -0.3 is 5.32 Å². The molecule has 2 aromatic carbocycles. The fourth-order valence-corrected chi connectivity index (χ4v) is 3.87. The third-order valence-corrected chi connectivity index (χ3v) is 5.16. The molecule has 5 heteroatoms. The smallest absolute Gasteiger partial charge is 0.261 e. The minimum absolute atomic E-state index is 0.313. The van der Waals surface area contributed by atoms with Crippen LogP contribution in [0.25, 0.3) is 0 Å². The molecule has 0 aliphatic carbocycles. The maximum Gasteiger partial charge on any atom is 0.261 e. The van der Waals surface area contributed by atoms with Crippen molar-refractivity contribution >= 4 is 21.4 Å². The third-order valence-electron chi connectivity index (χ3n) is 3.81. The SMILES string of the molecule is Cc1cccc(C)c1NS(=O)(=O)c1ccc2c(c1)CCN2. The Morgan fingerprint density at radius 3 is 2.52 bits per heavy atom. The number of sulfonamides is 1. The van der Waals surface area contributed by atoms with Crippen molar-refractivity contribution in [2.45, 2.75) is 25.2 Å². The number of para-hydroxylation sites is 1. The van der Waals surface area contributed by atoms with Crippen molar-refractivity contribution in [1.29, 1.82) is 0 Å². The molecular formula is C16H18N2O2S. The molecule has 21 heavy (non-hydrogen) atoms. The summed E-state index contributed by atoms with van der Waals surface area (Å²) in [5, 5.41) is 3.23. The molecule has 0 spiro atoms. The van der Waals surface area contributed by atoms with Crippen molar-refractivity contribution in [1.82, 2.24) is 0 Å². The summed E-state index contributed by atoms with van der Waals surface area (Å²) < 4.78 is 27.9. The minimum Gasteiger partial charge on any atom is -0.384 e. The number of fused-ring (bicyclic) bond motifs is 1. The van der Waals surface area contributed by atoms with E-state index in [0.717, 1.165) is 35.3 Å². The van der Waals surface area contributed by atoms with Gasteiger partial charge in [-0.25, -0.2) is 8.42 Å². The molecule has 0 saturated carbocycles. The van der Waals surface area contributed by atoms with Gasteiger partial charge in [0.2, 0.25) is 0 Å². The summed E-state index contributed by atoms with van der Waals surface area (Å²) >= 11 is 0. The van der Waals surface area contributed by atoms with Crippen LogP contribution < -0.4 is 10.0 Å². The van der Waals surface area contributed by atoms with Crippen LogP contribution in [0.15, 0.2) is 41.3 Å². The van der Waals surface area contributed by atoms with Gasteiger partial charge in [0.15, 0.2) is 0 Å². The molecule has 0 aromatic heterocycles. The highest BCUT2D eigenvalue weighted by atomic mass is 32.2. The van der Waals surface area contributed by atoms with Crippen LogP contribution in [0, 0.1) is 13.8 Å². The Morgan fingerprint density at radius 1 is 1.10 bits per heavy atom. The lowest BCUT2D eigenvalue weighted by atomic mass is 10.1. The standard InChI is InChI=1S/C16H18N2O2S/c1-11-4-3-5-12(2)16(11)18-21(19,20)14-6-7-15-13(10-14)8-9-17-15/h3-7,10,17-18H,8-9H2,1-2H3. The van der Waals surface area contributed by atoms with Gasteiger partial charge in [0.05, 0.1) is 10.6 Å². The van der Waals surface area contributed by atoms with Gasteiger partial charge in [-0.05, 0) is 55.2 Å². The summed E-state index contributed by atoms with van der Waals surface area (Å²) in [5.41, 5.74) is 4.58. The normalized spacial score (nSPS) is 13.6. The second-order valence-electron chi connectivity index (χ2n) is 5.37. The van der Waals surface area contributed by atoms with Crippen LogP contribution in [0.3, 0.4) is 0 Å². The van der Waals surface area contributed by atoms with E-state index >= 15 is 0 Å². The molecule has 1 heterocycles. The molecule has 0 bridgehead atoms. The molecule has 0 amide bonds. The number of hydrogen-bond donors (Lipinski definition) is 2. The molecule has 2 aromatic rings. The summed E-state index contributed by atoms with van der Waals surface area (Å²) in [4.78, 5) is 0.313. The lowest BCUT2D eigenvalue weighted by Crippen LogP contribution is -2.14. The Hall–Kier alpha value is -2.01. The lowest BCUT2D eigenvalue weighted by Gasteiger charge is -2.13. The summed E-state index contributed by atoms with van der Waals surface area (Å²) in [7, 11) is -3.56. The van der Waals surface area contributed by atoms with Crippen molar-refractivity contribution in [2.75, 3.05) is 16.6 Å². The van der Waals surface area contributed by atoms with Crippen molar-refractivity contribution in [2.24, 2.45) is 0 Å². The first-order chi connectivity index (χ1) is 9.97. The van der Waals surface area contributed by atoms with E-state index in [2.05, 4.69) is 10.0 Å². The quantitative estimate of drug-likeness (QED) is 0.916. The Labute approximate surface area is 125 Å². The Kier molecular flexibility index (Phi) is 3.37. The number of anilines is 2. The van der Waals surface area contributed by atoms with Gasteiger partial charge in [-0.1, -0.05) is 18.2 Å². The van der Waals surface area contributed by atoms with Crippen LogP contribution in [0.2, 0.25) is 0 Å². The monoisotopic (exact) mass is 302 g/mol. The number of rotatable bonds is 3. The highest BCUT2D eigenvalue weighted by Crippen LogP contribution is 2.27. The molecule has 0 radical (unpaired) electrons. The van der Waals surface area contributed by atoms with Crippen molar-refractivity contribution in [3.63, 3.8) is 0 Å². The second-order valence-corrected chi connectivity index (χ2v) is 7.05. The van der Waals surface area contributed by atoms with E-state index in [-0.39, 0.29) is 0 Å². The predicted molar refractivity (Wildman–Crippen MR) is 85.4 cm³/mol. The van der Waals surface area contributed by atoms with Crippen LogP contribution >= 0.6 is 0 Å². The predicted octanol–water partition coefficient (Wildman–Crippen LogP) is 3.07. The molecular weight excluding hydrogens is 284 g/mol. The summed E-state index contributed by atoms with van der Waals surface area (Å²) in [6, 6.07) is 11.0. The van der Waals surface area contributed by atoms with Gasteiger partial charge >= 0.3 is 0 Å². The van der Waals surface area contributed by atoms with E-state index in [4.69, 9.17) is 0 Å². The summed E-state index contributed by atoms with van der Waals surface area (Å²) in [6.45, 7) is 4.66. The molecule has 0 atom stereocenters. The fraction of sp³-hybridized carbons (Fsp3) is 0.250. The zero-order valence-electron chi connectivity index (χ0n) is 12.1. The lowest BCUT2D eigenvalue weighted by molar-refractivity contribution is 0.601. The Balaban J connectivity index is 1.98. The number of hydrogen-bond acceptors (Lipinski definition) is 3. The van der Waals surface area contributed by atoms with Crippen LogP contribution in [0.4, 0.5) is 11.4 Å². The van der Waals surface area contributed by atoms with Crippen molar-refractivity contribution in [3.05, 3.63) is 53.1 Å². The maximum absolute atomic E-state index is 12.6. The molecule has 1 aliphatic rings. The van der Waals surface area contributed by atoms with Crippen LogP contribution in [-0.2, 0) is 16.4 Å². The number of nitrogens with one attached hydrogen (secondary N) is 2. The molecule has 0 saturated heterocycles. The molecule has 0 unspecified atom stereocenters. The largest absolute Gasteiger partial charge is 0.384 e. The van der Waals surface area contributed by atoms with Crippen LogP contribution in [0.1, 0.15) is 16.7 Å². The molecule has 4 nitrogen and oxygen atoms in total. The maximum atomic E-state index is 12.6. The van der Waals surface area contributed by atoms with Crippen LogP contribution in [-0.4, -0.2) is 15.0 Å². The average Bonchev–Trinajstić information content (AvgIpc) is 2.90. The van der Waals surface area contributed by atoms with Gasteiger partial charge in [-0.2, -0.15) is 0 Å². The van der Waals surface area contributed by atoms with Gasteiger partial charge in [0, 0.05) is 12.2 Å². The highest BCUT2D eigenvalue weighted by molar-refractivity contribution is 7.92. The first-order valence-electron chi connectivity index (χ1n) is 6.93. The zero-order chi connectivity index (χ0) is 15.0. The van der Waals surface area contributed by atoms with E-state index in [0.29, 0.717) is 10.6 Å². The number of benzene rings is 2. The number of aryl methyl sites for hydroxylation is 2. The van der Waals surface area contributed by atoms with E-state index in [9.17, 15) is 8.42 Å². The summed E-state index contributed by atoms with van der Waals surface area (Å²) in [5.74, 6) is 0. The first kappa shape index (κ1) is 13.9. The van der Waals surface area contributed by atoms with E-state index in [1.165, 1.54) is 0 Å². The minimum atomic E-state index is -3.56. The average molecular weight is 302 g/mol.